The van der Waals surface area contributed by atoms with Crippen LogP contribution >= 0.6 is 11.6 Å². The first-order valence-electron chi connectivity index (χ1n) is 9.67. The van der Waals surface area contributed by atoms with Crippen LogP contribution in [0.1, 0.15) is 27.2 Å². The second-order valence-corrected chi connectivity index (χ2v) is 7.68. The molecule has 3 rings (SSSR count). The van der Waals surface area contributed by atoms with Gasteiger partial charge in [-0.25, -0.2) is 13.2 Å². The second kappa shape index (κ2) is 10.3. The van der Waals surface area contributed by atoms with E-state index in [-0.39, 0.29) is 29.6 Å². The zero-order chi connectivity index (χ0) is 24.2. The number of halogens is 6. The summed E-state index contributed by atoms with van der Waals surface area (Å²) in [6.07, 6.45) is -3.82. The Morgan fingerprint density at radius 1 is 1.21 bits per heavy atom. The Morgan fingerprint density at radius 2 is 1.97 bits per heavy atom. The van der Waals surface area contributed by atoms with Crippen molar-refractivity contribution >= 4 is 23.3 Å². The summed E-state index contributed by atoms with van der Waals surface area (Å²) in [6.45, 7) is 0.232. The molecule has 1 N–H and O–H groups in total. The number of rotatable bonds is 9. The fourth-order valence-electron chi connectivity index (χ4n) is 2.90. The number of ether oxygens (including phenoxy) is 1. The van der Waals surface area contributed by atoms with Gasteiger partial charge < -0.3 is 10.1 Å². The molecule has 3 aromatic rings. The maximum Gasteiger partial charge on any atom is 0.330 e. The van der Waals surface area contributed by atoms with E-state index >= 15 is 0 Å². The van der Waals surface area contributed by atoms with E-state index in [2.05, 4.69) is 15.2 Å². The fourth-order valence-corrected chi connectivity index (χ4v) is 3.13. The number of hydrogen-bond acceptors (Lipinski definition) is 3. The van der Waals surface area contributed by atoms with Gasteiger partial charge in [-0.3, -0.25) is 9.48 Å². The summed E-state index contributed by atoms with van der Waals surface area (Å²) in [7, 11) is 0. The summed E-state index contributed by atoms with van der Waals surface area (Å²) in [6, 6.07) is 11.6. The highest BCUT2D eigenvalue weighted by Gasteiger charge is 2.40. The van der Waals surface area contributed by atoms with Crippen molar-refractivity contribution in [3.05, 3.63) is 81.8 Å². The van der Waals surface area contributed by atoms with Gasteiger partial charge in [0, 0.05) is 22.3 Å². The molecule has 0 spiro atoms. The third-order valence-corrected chi connectivity index (χ3v) is 4.98. The number of nitrogens with zero attached hydrogens (tertiary/aromatic N) is 2. The van der Waals surface area contributed by atoms with Crippen molar-refractivity contribution in [1.29, 1.82) is 0 Å². The lowest BCUT2D eigenvalue weighted by atomic mass is 10.1. The van der Waals surface area contributed by atoms with Gasteiger partial charge in [0.1, 0.15) is 12.4 Å². The average molecular weight is 488 g/mol. The molecule has 0 radical (unpaired) electrons. The molecule has 0 saturated carbocycles. The zero-order valence-electron chi connectivity index (χ0n) is 17.3. The van der Waals surface area contributed by atoms with Gasteiger partial charge >= 0.3 is 12.3 Å². The molecule has 1 aromatic heterocycles. The van der Waals surface area contributed by atoms with Gasteiger partial charge in [-0.15, -0.1) is 0 Å². The fraction of sp³-hybridized carbons (Fsp3) is 0.273. The number of anilines is 1. The van der Waals surface area contributed by atoms with Crippen LogP contribution in [-0.2, 0) is 17.9 Å². The van der Waals surface area contributed by atoms with Gasteiger partial charge in [0.2, 0.25) is 0 Å². The predicted octanol–water partition coefficient (Wildman–Crippen LogP) is 5.70. The lowest BCUT2D eigenvalue weighted by Gasteiger charge is -2.15. The van der Waals surface area contributed by atoms with E-state index in [1.165, 1.54) is 36.4 Å². The Balaban J connectivity index is 1.63. The normalized spacial score (nSPS) is 11.8. The van der Waals surface area contributed by atoms with Crippen molar-refractivity contribution in [2.75, 3.05) is 11.9 Å². The first kappa shape index (κ1) is 24.7. The molecule has 0 unspecified atom stereocenters. The number of benzene rings is 2. The van der Waals surface area contributed by atoms with Gasteiger partial charge in [-0.2, -0.15) is 13.9 Å². The van der Waals surface area contributed by atoms with Crippen LogP contribution in [0.3, 0.4) is 0 Å². The molecule has 0 bridgehead atoms. The molecule has 0 aliphatic carbocycles. The van der Waals surface area contributed by atoms with Crippen LogP contribution in [-0.4, -0.2) is 34.6 Å². The summed E-state index contributed by atoms with van der Waals surface area (Å²) in [5.74, 6) is -4.96. The van der Waals surface area contributed by atoms with E-state index in [1.54, 1.807) is 23.7 Å². The van der Waals surface area contributed by atoms with Crippen molar-refractivity contribution in [1.82, 2.24) is 9.78 Å². The van der Waals surface area contributed by atoms with Crippen molar-refractivity contribution in [3.8, 4) is 0 Å². The monoisotopic (exact) mass is 487 g/mol. The van der Waals surface area contributed by atoms with Crippen molar-refractivity contribution in [2.24, 2.45) is 0 Å². The molecule has 33 heavy (non-hydrogen) atoms. The lowest BCUT2D eigenvalue weighted by Crippen LogP contribution is -2.32. The number of carbonyl (C=O) groups is 1. The van der Waals surface area contributed by atoms with Gasteiger partial charge in [0.25, 0.3) is 5.91 Å². The molecule has 0 saturated heterocycles. The van der Waals surface area contributed by atoms with E-state index in [9.17, 15) is 26.7 Å². The van der Waals surface area contributed by atoms with Crippen LogP contribution in [0.15, 0.2) is 48.5 Å². The Hall–Kier alpha value is -2.98. The predicted molar refractivity (Wildman–Crippen MR) is 112 cm³/mol. The first-order chi connectivity index (χ1) is 15.5. The summed E-state index contributed by atoms with van der Waals surface area (Å²) < 4.78 is 69.8. The number of amides is 1. The largest absolute Gasteiger partial charge is 0.370 e. The van der Waals surface area contributed by atoms with Crippen LogP contribution in [0.5, 0.6) is 0 Å². The molecule has 0 aliphatic rings. The van der Waals surface area contributed by atoms with E-state index in [0.717, 1.165) is 0 Å². The summed E-state index contributed by atoms with van der Waals surface area (Å²) in [4.78, 5) is 12.6. The minimum atomic E-state index is -4.25. The maximum atomic E-state index is 13.2. The van der Waals surface area contributed by atoms with Gasteiger partial charge in [-0.05, 0) is 42.3 Å². The number of hydrogen-bond donors (Lipinski definition) is 1. The van der Waals surface area contributed by atoms with Crippen molar-refractivity contribution in [2.45, 2.75) is 32.4 Å². The third kappa shape index (κ3) is 6.52. The Labute approximate surface area is 191 Å². The van der Waals surface area contributed by atoms with Crippen LogP contribution in [0, 0.1) is 12.7 Å². The highest BCUT2D eigenvalue weighted by molar-refractivity contribution is 6.31. The van der Waals surface area contributed by atoms with Crippen LogP contribution in [0.2, 0.25) is 5.02 Å². The number of aromatic nitrogens is 2. The minimum Gasteiger partial charge on any atom is -0.370 e. The van der Waals surface area contributed by atoms with E-state index in [4.69, 9.17) is 11.6 Å². The molecule has 176 valence electrons. The molecule has 1 amide bonds. The lowest BCUT2D eigenvalue weighted by molar-refractivity contribution is -0.168. The molecule has 2 aromatic carbocycles. The first-order valence-corrected chi connectivity index (χ1v) is 10.1. The highest BCUT2D eigenvalue weighted by Crippen LogP contribution is 2.24. The molecule has 11 heteroatoms. The van der Waals surface area contributed by atoms with E-state index < -0.39 is 30.7 Å². The minimum absolute atomic E-state index is 0.200. The van der Waals surface area contributed by atoms with Crippen LogP contribution < -0.4 is 5.32 Å². The van der Waals surface area contributed by atoms with Crippen molar-refractivity contribution < 1.29 is 31.5 Å². The SMILES string of the molecule is Cc1cc(NC(=O)c2cccc(COCC(F)(F)C(F)F)c2)nn1Cc1ccc(F)cc1Cl. The van der Waals surface area contributed by atoms with Gasteiger partial charge in [0.15, 0.2) is 5.82 Å². The van der Waals surface area contributed by atoms with E-state index in [1.807, 2.05) is 0 Å². The number of alkyl halides is 4. The summed E-state index contributed by atoms with van der Waals surface area (Å²) in [5.41, 5.74) is 1.92. The molecule has 1 heterocycles. The molecule has 0 aliphatic heterocycles. The second-order valence-electron chi connectivity index (χ2n) is 7.27. The Kier molecular flexibility index (Phi) is 7.70. The topological polar surface area (TPSA) is 56.1 Å². The van der Waals surface area contributed by atoms with Gasteiger partial charge in [0.05, 0.1) is 13.2 Å². The Bertz CT molecular complexity index is 1140. The average Bonchev–Trinajstić information content (AvgIpc) is 3.08. The molecular formula is C22H19ClF5N3O2. The van der Waals surface area contributed by atoms with Crippen LogP contribution in [0.25, 0.3) is 0 Å². The third-order valence-electron chi connectivity index (χ3n) is 4.63. The Morgan fingerprint density at radius 3 is 2.67 bits per heavy atom. The standard InChI is InChI=1S/C22H19ClF5N3O2/c1-13-7-19(30-31(13)10-16-5-6-17(24)9-18(16)23)29-20(32)15-4-2-3-14(8-15)11-33-12-22(27,28)21(25)26/h2-9,21H,10-12H2,1H3,(H,29,30,32). The smallest absolute Gasteiger partial charge is 0.330 e. The highest BCUT2D eigenvalue weighted by atomic mass is 35.5. The number of aryl methyl sites for hydroxylation is 1. The van der Waals surface area contributed by atoms with E-state index in [0.29, 0.717) is 16.8 Å². The summed E-state index contributed by atoms with van der Waals surface area (Å²) >= 11 is 6.05. The summed E-state index contributed by atoms with van der Waals surface area (Å²) in [5, 5.41) is 7.18. The zero-order valence-corrected chi connectivity index (χ0v) is 18.1. The van der Waals surface area contributed by atoms with Crippen LogP contribution in [0.4, 0.5) is 27.8 Å². The van der Waals surface area contributed by atoms with Gasteiger partial charge in [-0.1, -0.05) is 29.8 Å². The molecular weight excluding hydrogens is 469 g/mol. The maximum absolute atomic E-state index is 13.2. The quantitative estimate of drug-likeness (QED) is 0.394. The van der Waals surface area contributed by atoms with Crippen molar-refractivity contribution in [3.63, 3.8) is 0 Å². The molecule has 0 fully saturated rings. The number of carbonyl (C=O) groups excluding carboxylic acids is 1. The molecule has 0 atom stereocenters. The molecule has 5 nitrogen and oxygen atoms in total. The number of nitrogens with one attached hydrogen (secondary N) is 1.